The van der Waals surface area contributed by atoms with Crippen LogP contribution in [0.2, 0.25) is 0 Å². The fraction of sp³-hybridized carbons (Fsp3) is 0.632. The molecule has 28 heavy (non-hydrogen) atoms. The first-order valence-electron chi connectivity index (χ1n) is 9.58. The van der Waals surface area contributed by atoms with Gasteiger partial charge in [0.2, 0.25) is 0 Å². The number of fused-ring (bicyclic) bond motifs is 1. The number of benzene rings is 1. The Morgan fingerprint density at radius 3 is 2.64 bits per heavy atom. The molecule has 0 unspecified atom stereocenters. The number of piperidine rings is 1. The van der Waals surface area contributed by atoms with Crippen molar-refractivity contribution >= 4 is 5.91 Å². The smallest absolute Gasteiger partial charge is 0.296 e. The average Bonchev–Trinajstić information content (AvgIpc) is 2.64. The fourth-order valence-electron chi connectivity index (χ4n) is 5.14. The number of alkyl halides is 3. The highest BCUT2D eigenvalue weighted by atomic mass is 19.4. The maximum absolute atomic E-state index is 14.5. The molecule has 0 atom stereocenters. The molecule has 2 fully saturated rings. The van der Waals surface area contributed by atoms with E-state index >= 15 is 0 Å². The number of likely N-dealkylation sites (tertiary alicyclic amines) is 1. The van der Waals surface area contributed by atoms with Gasteiger partial charge in [-0.05, 0) is 49.8 Å². The zero-order valence-corrected chi connectivity index (χ0v) is 15.4. The lowest BCUT2D eigenvalue weighted by atomic mass is 9.66. The Kier molecular flexibility index (Phi) is 4.87. The standard InChI is InChI=1S/C19H23F4N3O2/c20-16-8-13(17(27)24-28)7-12-3-6-25(11-15(12)16)14-9-18(10-14)4-1-2-5-26(18)19(21,22)23/h7-8,14,28H,1-6,9-11H2,(H,24,27). The molecule has 1 saturated heterocycles. The third-order valence-electron chi connectivity index (χ3n) is 6.58. The molecule has 0 bridgehead atoms. The summed E-state index contributed by atoms with van der Waals surface area (Å²) in [6, 6.07) is 2.66. The van der Waals surface area contributed by atoms with E-state index in [2.05, 4.69) is 4.90 Å². The van der Waals surface area contributed by atoms with E-state index in [0.29, 0.717) is 56.3 Å². The highest BCUT2D eigenvalue weighted by molar-refractivity contribution is 5.93. The molecule has 4 rings (SSSR count). The van der Waals surface area contributed by atoms with Crippen molar-refractivity contribution in [3.05, 3.63) is 34.6 Å². The Morgan fingerprint density at radius 2 is 1.96 bits per heavy atom. The molecule has 1 aromatic carbocycles. The monoisotopic (exact) mass is 401 g/mol. The van der Waals surface area contributed by atoms with Crippen molar-refractivity contribution in [3.8, 4) is 0 Å². The molecule has 1 saturated carbocycles. The lowest BCUT2D eigenvalue weighted by molar-refractivity contribution is -0.301. The molecule has 5 nitrogen and oxygen atoms in total. The zero-order valence-electron chi connectivity index (χ0n) is 15.4. The number of nitrogens with one attached hydrogen (secondary N) is 1. The molecule has 2 aliphatic heterocycles. The maximum Gasteiger partial charge on any atom is 0.460 e. The topological polar surface area (TPSA) is 55.8 Å². The number of hydroxylamine groups is 1. The first-order valence-corrected chi connectivity index (χ1v) is 9.58. The number of hydrogen-bond donors (Lipinski definition) is 2. The van der Waals surface area contributed by atoms with Gasteiger partial charge < -0.3 is 0 Å². The molecule has 154 valence electrons. The van der Waals surface area contributed by atoms with Crippen LogP contribution in [0.3, 0.4) is 0 Å². The highest BCUT2D eigenvalue weighted by Gasteiger charge is 2.58. The quantitative estimate of drug-likeness (QED) is 0.346. The van der Waals surface area contributed by atoms with E-state index in [1.54, 1.807) is 6.07 Å². The second-order valence-electron chi connectivity index (χ2n) is 8.12. The van der Waals surface area contributed by atoms with Gasteiger partial charge in [0.15, 0.2) is 0 Å². The Bertz CT molecular complexity index is 777. The highest BCUT2D eigenvalue weighted by Crippen LogP contribution is 2.50. The summed E-state index contributed by atoms with van der Waals surface area (Å²) in [5.41, 5.74) is 1.94. The van der Waals surface area contributed by atoms with Crippen LogP contribution in [0.4, 0.5) is 17.6 Å². The third kappa shape index (κ3) is 3.29. The first kappa shape index (κ1) is 19.6. The van der Waals surface area contributed by atoms with Gasteiger partial charge >= 0.3 is 6.30 Å². The van der Waals surface area contributed by atoms with Gasteiger partial charge in [-0.2, -0.15) is 13.2 Å². The SMILES string of the molecule is O=C(NO)c1cc(F)c2c(c1)CCN(C1CC3(CCCCN3C(F)(F)F)C1)C2. The van der Waals surface area contributed by atoms with Crippen molar-refractivity contribution in [1.29, 1.82) is 0 Å². The van der Waals surface area contributed by atoms with Crippen LogP contribution >= 0.6 is 0 Å². The van der Waals surface area contributed by atoms with Crippen molar-refractivity contribution in [2.75, 3.05) is 13.1 Å². The van der Waals surface area contributed by atoms with Crippen molar-refractivity contribution in [2.24, 2.45) is 0 Å². The molecule has 0 aromatic heterocycles. The van der Waals surface area contributed by atoms with E-state index in [1.807, 2.05) is 0 Å². The van der Waals surface area contributed by atoms with Crippen LogP contribution < -0.4 is 5.48 Å². The third-order valence-corrected chi connectivity index (χ3v) is 6.58. The molecule has 0 radical (unpaired) electrons. The van der Waals surface area contributed by atoms with E-state index < -0.39 is 23.6 Å². The molecule has 9 heteroatoms. The van der Waals surface area contributed by atoms with Gasteiger partial charge in [-0.25, -0.2) is 14.8 Å². The second-order valence-corrected chi connectivity index (χ2v) is 8.12. The molecular formula is C19H23F4N3O2. The van der Waals surface area contributed by atoms with Crippen LogP contribution in [0.15, 0.2) is 12.1 Å². The van der Waals surface area contributed by atoms with Gasteiger partial charge in [-0.15, -0.1) is 0 Å². The predicted octanol–water partition coefficient (Wildman–Crippen LogP) is 3.21. The van der Waals surface area contributed by atoms with Gasteiger partial charge in [0.05, 0.1) is 0 Å². The van der Waals surface area contributed by atoms with Gasteiger partial charge in [0.1, 0.15) is 5.82 Å². The molecule has 3 aliphatic rings. The maximum atomic E-state index is 14.5. The van der Waals surface area contributed by atoms with E-state index in [0.717, 1.165) is 17.4 Å². The largest absolute Gasteiger partial charge is 0.460 e. The van der Waals surface area contributed by atoms with E-state index in [9.17, 15) is 22.4 Å². The van der Waals surface area contributed by atoms with E-state index in [4.69, 9.17) is 5.21 Å². The summed E-state index contributed by atoms with van der Waals surface area (Å²) in [4.78, 5) is 14.3. The minimum atomic E-state index is -4.31. The number of carbonyl (C=O) groups excluding carboxylic acids is 1. The first-order chi connectivity index (χ1) is 13.2. The van der Waals surface area contributed by atoms with Crippen LogP contribution in [-0.4, -0.2) is 51.9 Å². The number of rotatable bonds is 2. The number of halogens is 4. The van der Waals surface area contributed by atoms with Crippen LogP contribution in [0.5, 0.6) is 0 Å². The van der Waals surface area contributed by atoms with Crippen LogP contribution in [0.1, 0.15) is 53.6 Å². The summed E-state index contributed by atoms with van der Waals surface area (Å²) < 4.78 is 54.8. The Morgan fingerprint density at radius 1 is 1.21 bits per heavy atom. The lowest BCUT2D eigenvalue weighted by Crippen LogP contribution is -2.68. The fourth-order valence-corrected chi connectivity index (χ4v) is 5.14. The molecule has 2 N–H and O–H groups in total. The number of amides is 1. The molecule has 1 spiro atoms. The Balaban J connectivity index is 1.47. The lowest BCUT2D eigenvalue weighted by Gasteiger charge is -2.59. The van der Waals surface area contributed by atoms with Gasteiger partial charge in [-0.3, -0.25) is 14.9 Å². The minimum Gasteiger partial charge on any atom is -0.296 e. The normalized spacial score (nSPS) is 28.7. The van der Waals surface area contributed by atoms with E-state index in [1.165, 1.54) is 5.48 Å². The summed E-state index contributed by atoms with van der Waals surface area (Å²) in [6.07, 6.45) is -0.949. The van der Waals surface area contributed by atoms with E-state index in [-0.39, 0.29) is 18.2 Å². The minimum absolute atomic E-state index is 0.0101. The van der Waals surface area contributed by atoms with Crippen LogP contribution in [-0.2, 0) is 13.0 Å². The van der Waals surface area contributed by atoms with Crippen molar-refractivity contribution in [3.63, 3.8) is 0 Å². The second kappa shape index (κ2) is 6.96. The Hall–Kier alpha value is -1.71. The molecule has 1 amide bonds. The molecule has 2 heterocycles. The molecule has 1 aromatic rings. The summed E-state index contributed by atoms with van der Waals surface area (Å²) in [7, 11) is 0. The van der Waals surface area contributed by atoms with Crippen molar-refractivity contribution in [1.82, 2.24) is 15.3 Å². The van der Waals surface area contributed by atoms with Crippen molar-refractivity contribution in [2.45, 2.75) is 63.0 Å². The van der Waals surface area contributed by atoms with Crippen molar-refractivity contribution < 1.29 is 27.6 Å². The average molecular weight is 401 g/mol. The van der Waals surface area contributed by atoms with Crippen LogP contribution in [0, 0.1) is 5.82 Å². The summed E-state index contributed by atoms with van der Waals surface area (Å²) in [5, 5.41) is 8.72. The summed E-state index contributed by atoms with van der Waals surface area (Å²) in [6.45, 7) is 1.00. The predicted molar refractivity (Wildman–Crippen MR) is 92.1 cm³/mol. The summed E-state index contributed by atoms with van der Waals surface area (Å²) in [5.74, 6) is -1.29. The molecule has 1 aliphatic carbocycles. The number of hydrogen-bond acceptors (Lipinski definition) is 4. The number of nitrogens with zero attached hydrogens (tertiary/aromatic N) is 2. The number of carbonyl (C=O) groups is 1. The zero-order chi connectivity index (χ0) is 20.1. The van der Waals surface area contributed by atoms with Crippen LogP contribution in [0.25, 0.3) is 0 Å². The Labute approximate surface area is 160 Å². The van der Waals surface area contributed by atoms with Gasteiger partial charge in [0, 0.05) is 42.3 Å². The summed E-state index contributed by atoms with van der Waals surface area (Å²) >= 11 is 0. The van der Waals surface area contributed by atoms with Gasteiger partial charge in [0.25, 0.3) is 5.91 Å². The van der Waals surface area contributed by atoms with Gasteiger partial charge in [-0.1, -0.05) is 6.42 Å². The molecular weight excluding hydrogens is 378 g/mol.